The van der Waals surface area contributed by atoms with Gasteiger partial charge in [-0.05, 0) is 83.1 Å². The molecule has 4 nitrogen and oxygen atoms in total. The number of benzene rings is 2. The molecule has 0 bridgehead atoms. The summed E-state index contributed by atoms with van der Waals surface area (Å²) in [5.41, 5.74) is 3.15. The van der Waals surface area contributed by atoms with Crippen LogP contribution in [0.25, 0.3) is 0 Å². The second-order valence-corrected chi connectivity index (χ2v) is 8.94. The number of rotatable bonds is 10. The molecule has 0 fully saturated rings. The lowest BCUT2D eigenvalue weighted by molar-refractivity contribution is -0.149. The van der Waals surface area contributed by atoms with E-state index in [-0.39, 0.29) is 11.9 Å². The van der Waals surface area contributed by atoms with Crippen molar-refractivity contribution in [2.75, 3.05) is 13.2 Å². The highest BCUT2D eigenvalue weighted by Gasteiger charge is 2.32. The molecule has 0 aliphatic carbocycles. The van der Waals surface area contributed by atoms with Gasteiger partial charge >= 0.3 is 11.9 Å². The SMILES string of the molecule is CCOC(=O)C(C)(C)c1ccc(CCCc2ccc(C(C)(C)C(=O)OCC)cc2)cc1. The molecule has 0 aliphatic rings. The first kappa shape index (κ1) is 24.6. The topological polar surface area (TPSA) is 52.6 Å². The zero-order valence-corrected chi connectivity index (χ0v) is 19.8. The van der Waals surface area contributed by atoms with Gasteiger partial charge in [0, 0.05) is 0 Å². The summed E-state index contributed by atoms with van der Waals surface area (Å²) in [6.07, 6.45) is 2.97. The maximum Gasteiger partial charge on any atom is 0.315 e. The molecule has 0 saturated heterocycles. The maximum absolute atomic E-state index is 12.2. The third kappa shape index (κ3) is 6.19. The largest absolute Gasteiger partial charge is 0.465 e. The van der Waals surface area contributed by atoms with Crippen LogP contribution in [0.3, 0.4) is 0 Å². The number of aryl methyl sites for hydroxylation is 2. The third-order valence-corrected chi connectivity index (χ3v) is 5.85. The number of carbonyl (C=O) groups excluding carboxylic acids is 2. The molecular weight excluding hydrogens is 388 g/mol. The summed E-state index contributed by atoms with van der Waals surface area (Å²) >= 11 is 0. The van der Waals surface area contributed by atoms with Crippen molar-refractivity contribution in [2.24, 2.45) is 0 Å². The van der Waals surface area contributed by atoms with Gasteiger partial charge in [0.2, 0.25) is 0 Å². The molecule has 31 heavy (non-hydrogen) atoms. The average Bonchev–Trinajstić information content (AvgIpc) is 2.75. The Morgan fingerprint density at radius 3 is 1.26 bits per heavy atom. The van der Waals surface area contributed by atoms with Gasteiger partial charge in [0.15, 0.2) is 0 Å². The molecule has 2 aromatic carbocycles. The van der Waals surface area contributed by atoms with Crippen molar-refractivity contribution in [1.82, 2.24) is 0 Å². The molecular formula is C27H36O4. The van der Waals surface area contributed by atoms with Gasteiger partial charge in [-0.25, -0.2) is 0 Å². The second kappa shape index (κ2) is 10.6. The van der Waals surface area contributed by atoms with E-state index >= 15 is 0 Å². The summed E-state index contributed by atoms with van der Waals surface area (Å²) in [5.74, 6) is -0.394. The lowest BCUT2D eigenvalue weighted by Gasteiger charge is -2.23. The lowest BCUT2D eigenvalue weighted by Crippen LogP contribution is -2.31. The van der Waals surface area contributed by atoms with Crippen LogP contribution in [0, 0.1) is 0 Å². The van der Waals surface area contributed by atoms with E-state index in [1.165, 1.54) is 11.1 Å². The van der Waals surface area contributed by atoms with Crippen molar-refractivity contribution in [2.45, 2.75) is 71.6 Å². The fourth-order valence-electron chi connectivity index (χ4n) is 3.53. The van der Waals surface area contributed by atoms with Gasteiger partial charge in [-0.3, -0.25) is 9.59 Å². The van der Waals surface area contributed by atoms with Gasteiger partial charge in [-0.1, -0.05) is 48.5 Å². The minimum absolute atomic E-state index is 0.197. The monoisotopic (exact) mass is 424 g/mol. The van der Waals surface area contributed by atoms with Gasteiger partial charge in [0.05, 0.1) is 24.0 Å². The van der Waals surface area contributed by atoms with Crippen LogP contribution in [0.15, 0.2) is 48.5 Å². The number of hydrogen-bond donors (Lipinski definition) is 0. The molecule has 0 unspecified atom stereocenters. The third-order valence-electron chi connectivity index (χ3n) is 5.85. The minimum atomic E-state index is -0.645. The summed E-state index contributed by atoms with van der Waals surface area (Å²) in [7, 11) is 0. The van der Waals surface area contributed by atoms with Crippen LogP contribution in [-0.4, -0.2) is 25.2 Å². The molecule has 2 aromatic rings. The summed E-state index contributed by atoms with van der Waals surface area (Å²) in [5, 5.41) is 0. The van der Waals surface area contributed by atoms with Crippen molar-refractivity contribution in [3.8, 4) is 0 Å². The first-order chi connectivity index (χ1) is 14.6. The highest BCUT2D eigenvalue weighted by Crippen LogP contribution is 2.27. The minimum Gasteiger partial charge on any atom is -0.465 e. The fourth-order valence-corrected chi connectivity index (χ4v) is 3.53. The Balaban J connectivity index is 1.92. The van der Waals surface area contributed by atoms with Crippen LogP contribution < -0.4 is 0 Å². The van der Waals surface area contributed by atoms with E-state index in [2.05, 4.69) is 24.3 Å². The van der Waals surface area contributed by atoms with E-state index in [0.29, 0.717) is 13.2 Å². The second-order valence-electron chi connectivity index (χ2n) is 8.94. The number of carbonyl (C=O) groups is 2. The summed E-state index contributed by atoms with van der Waals surface area (Å²) < 4.78 is 10.4. The highest BCUT2D eigenvalue weighted by molar-refractivity contribution is 5.82. The number of hydrogen-bond acceptors (Lipinski definition) is 4. The molecule has 4 heteroatoms. The van der Waals surface area contributed by atoms with Gasteiger partial charge < -0.3 is 9.47 Å². The normalized spacial score (nSPS) is 11.8. The van der Waals surface area contributed by atoms with Gasteiger partial charge in [0.25, 0.3) is 0 Å². The fraction of sp³-hybridized carbons (Fsp3) is 0.481. The molecule has 0 atom stereocenters. The highest BCUT2D eigenvalue weighted by atomic mass is 16.5. The van der Waals surface area contributed by atoms with Crippen molar-refractivity contribution in [3.05, 3.63) is 70.8 Å². The Bertz CT molecular complexity index is 788. The number of ether oxygens (including phenoxy) is 2. The van der Waals surface area contributed by atoms with Gasteiger partial charge in [0.1, 0.15) is 0 Å². The Morgan fingerprint density at radius 1 is 0.645 bits per heavy atom. The molecule has 0 spiro atoms. The van der Waals surface area contributed by atoms with Crippen LogP contribution in [-0.2, 0) is 42.7 Å². The summed E-state index contributed by atoms with van der Waals surface area (Å²) in [6.45, 7) is 12.0. The standard InChI is InChI=1S/C27H36O4/c1-7-30-24(28)26(3,4)22-16-12-20(13-17-22)10-9-11-21-14-18-23(19-15-21)27(5,6)25(29)31-8-2/h12-19H,7-11H2,1-6H3. The zero-order valence-electron chi connectivity index (χ0n) is 19.8. The first-order valence-electron chi connectivity index (χ1n) is 11.2. The molecule has 2 rings (SSSR count). The van der Waals surface area contributed by atoms with Crippen molar-refractivity contribution >= 4 is 11.9 Å². The Morgan fingerprint density at radius 2 is 0.968 bits per heavy atom. The average molecular weight is 425 g/mol. The van der Waals surface area contributed by atoms with Crippen molar-refractivity contribution < 1.29 is 19.1 Å². The smallest absolute Gasteiger partial charge is 0.315 e. The zero-order chi connectivity index (χ0) is 23.1. The van der Waals surface area contributed by atoms with E-state index in [9.17, 15) is 9.59 Å². The predicted octanol–water partition coefficient (Wildman–Crippen LogP) is 5.54. The van der Waals surface area contributed by atoms with Gasteiger partial charge in [-0.15, -0.1) is 0 Å². The number of esters is 2. The quantitative estimate of drug-likeness (QED) is 0.470. The Kier molecular flexibility index (Phi) is 8.43. The molecule has 0 N–H and O–H groups in total. The van der Waals surface area contributed by atoms with Crippen LogP contribution >= 0.6 is 0 Å². The van der Waals surface area contributed by atoms with Crippen LogP contribution in [0.5, 0.6) is 0 Å². The Hall–Kier alpha value is -2.62. The summed E-state index contributed by atoms with van der Waals surface area (Å²) in [4.78, 5) is 24.4. The van der Waals surface area contributed by atoms with E-state index in [1.807, 2.05) is 65.8 Å². The van der Waals surface area contributed by atoms with Crippen LogP contribution in [0.4, 0.5) is 0 Å². The maximum atomic E-state index is 12.2. The van der Waals surface area contributed by atoms with Crippen LogP contribution in [0.1, 0.15) is 70.2 Å². The van der Waals surface area contributed by atoms with Gasteiger partial charge in [-0.2, -0.15) is 0 Å². The van der Waals surface area contributed by atoms with E-state index < -0.39 is 10.8 Å². The van der Waals surface area contributed by atoms with Crippen molar-refractivity contribution in [1.29, 1.82) is 0 Å². The molecule has 0 amide bonds. The van der Waals surface area contributed by atoms with E-state index in [0.717, 1.165) is 30.4 Å². The lowest BCUT2D eigenvalue weighted by atomic mass is 9.84. The van der Waals surface area contributed by atoms with Crippen LogP contribution in [0.2, 0.25) is 0 Å². The van der Waals surface area contributed by atoms with Crippen molar-refractivity contribution in [3.63, 3.8) is 0 Å². The molecule has 0 heterocycles. The molecule has 0 aliphatic heterocycles. The first-order valence-corrected chi connectivity index (χ1v) is 11.2. The molecule has 0 saturated carbocycles. The predicted molar refractivity (Wildman–Crippen MR) is 124 cm³/mol. The van der Waals surface area contributed by atoms with E-state index in [4.69, 9.17) is 9.47 Å². The molecule has 168 valence electrons. The van der Waals surface area contributed by atoms with E-state index in [1.54, 1.807) is 0 Å². The summed E-state index contributed by atoms with van der Waals surface area (Å²) in [6, 6.07) is 16.5. The Labute approximate surface area is 187 Å². The molecule has 0 aromatic heterocycles. The molecule has 0 radical (unpaired) electrons.